The number of rotatable bonds is 22. The molecule has 0 aliphatic heterocycles. The van der Waals surface area contributed by atoms with Crippen molar-refractivity contribution in [2.24, 2.45) is 17.6 Å². The van der Waals surface area contributed by atoms with Gasteiger partial charge in [-0.1, -0.05) is 38.7 Å². The number of aliphatic hydroxyl groups is 4. The van der Waals surface area contributed by atoms with E-state index in [1.54, 1.807) is 28.3 Å². The number of anilines is 1. The molecule has 1 saturated carbocycles. The number of hydrogen-bond acceptors (Lipinski definition) is 14. The van der Waals surface area contributed by atoms with Gasteiger partial charge in [-0.05, 0) is 124 Å². The Morgan fingerprint density at radius 1 is 0.716 bits per heavy atom. The summed E-state index contributed by atoms with van der Waals surface area (Å²) in [6.45, 7) is 1.63. The predicted molar refractivity (Wildman–Crippen MR) is 283 cm³/mol. The highest BCUT2D eigenvalue weighted by Gasteiger charge is 2.68. The van der Waals surface area contributed by atoms with E-state index in [-0.39, 0.29) is 35.7 Å². The molecule has 0 unspecified atom stereocenters. The molecule has 0 saturated heterocycles. The summed E-state index contributed by atoms with van der Waals surface area (Å²) in [7, 11) is 5.78. The lowest BCUT2D eigenvalue weighted by Crippen LogP contribution is -2.70. The van der Waals surface area contributed by atoms with Crippen LogP contribution in [0.15, 0.2) is 102 Å². The van der Waals surface area contributed by atoms with E-state index in [1.165, 1.54) is 47.0 Å². The first-order valence-electron chi connectivity index (χ1n) is 24.9. The molecule has 394 valence electrons. The van der Waals surface area contributed by atoms with Gasteiger partial charge < -0.3 is 56.1 Å². The number of phenols is 1. The van der Waals surface area contributed by atoms with Crippen LogP contribution in [-0.4, -0.2) is 126 Å². The number of methoxy groups -OCH3 is 3. The van der Waals surface area contributed by atoms with Crippen molar-refractivity contribution in [3.8, 4) is 23.0 Å². The second-order valence-corrected chi connectivity index (χ2v) is 23.1. The summed E-state index contributed by atoms with van der Waals surface area (Å²) < 4.78 is 16.6. The van der Waals surface area contributed by atoms with Gasteiger partial charge in [-0.15, -0.1) is 0 Å². The van der Waals surface area contributed by atoms with E-state index in [1.807, 2.05) is 36.4 Å². The zero-order valence-electron chi connectivity index (χ0n) is 42.7. The average Bonchev–Trinajstić information content (AvgIpc) is 3.40. The van der Waals surface area contributed by atoms with E-state index < -0.39 is 94.6 Å². The normalized spacial score (nSPS) is 21.4. The number of unbranched alkanes of at least 4 members (excludes halogenated alkanes) is 6. The van der Waals surface area contributed by atoms with E-state index in [2.05, 4.69) is 47.0 Å². The van der Waals surface area contributed by atoms with Crippen LogP contribution in [0.5, 0.6) is 23.0 Å². The van der Waals surface area contributed by atoms with Gasteiger partial charge in [0.05, 0.1) is 56.8 Å². The molecule has 0 radical (unpaired) electrons. The minimum absolute atomic E-state index is 0.0188. The van der Waals surface area contributed by atoms with Crippen LogP contribution in [0.4, 0.5) is 5.69 Å². The lowest BCUT2D eigenvalue weighted by molar-refractivity contribution is -0.169. The van der Waals surface area contributed by atoms with Crippen molar-refractivity contribution in [2.75, 3.05) is 53.4 Å². The molecule has 18 heteroatoms. The summed E-state index contributed by atoms with van der Waals surface area (Å²) in [4.78, 5) is 67.2. The fourth-order valence-electron chi connectivity index (χ4n) is 11.2. The second kappa shape index (κ2) is 23.2. The number of aromatic hydroxyl groups is 1. The van der Waals surface area contributed by atoms with Gasteiger partial charge in [0, 0.05) is 30.9 Å². The van der Waals surface area contributed by atoms with Crippen molar-refractivity contribution >= 4 is 63.9 Å². The van der Waals surface area contributed by atoms with Crippen LogP contribution in [0.25, 0.3) is 5.76 Å². The number of ether oxygens (including phenoxy) is 3. The molecule has 1 fully saturated rings. The predicted octanol–water partition coefficient (Wildman–Crippen LogP) is 5.08. The second-order valence-electron chi connectivity index (χ2n) is 19.5. The first-order valence-corrected chi connectivity index (χ1v) is 26.9. The molecular formula is C56H68N4O13P+. The first-order chi connectivity index (χ1) is 35.4. The van der Waals surface area contributed by atoms with Gasteiger partial charge in [-0.3, -0.25) is 28.9 Å². The van der Waals surface area contributed by atoms with E-state index in [4.69, 9.17) is 19.9 Å². The third-order valence-corrected chi connectivity index (χ3v) is 19.5. The number of primary amides is 1. The largest absolute Gasteiger partial charge is 0.508 e. The molecule has 3 aliphatic carbocycles. The highest BCUT2D eigenvalue weighted by molar-refractivity contribution is 7.95. The van der Waals surface area contributed by atoms with Crippen LogP contribution in [-0.2, 0) is 24.0 Å². The van der Waals surface area contributed by atoms with Crippen LogP contribution in [0.3, 0.4) is 0 Å². The molecule has 4 aromatic rings. The summed E-state index contributed by atoms with van der Waals surface area (Å²) in [6, 6.07) is 26.7. The average molecular weight is 1040 g/mol. The molecule has 0 aromatic heterocycles. The van der Waals surface area contributed by atoms with Gasteiger partial charge in [-0.25, -0.2) is 0 Å². The number of Topliss-reactive ketones (excluding diaryl/α,β-unsaturated/α-hetero) is 2. The molecule has 4 aromatic carbocycles. The smallest absolute Gasteiger partial charge is 0.255 e. The molecule has 3 aliphatic rings. The molecule has 0 spiro atoms. The molecule has 74 heavy (non-hydrogen) atoms. The Kier molecular flexibility index (Phi) is 17.2. The van der Waals surface area contributed by atoms with Gasteiger partial charge in [0.2, 0.25) is 17.6 Å². The maximum Gasteiger partial charge on any atom is 0.255 e. The molecule has 6 atom stereocenters. The fourth-order valence-corrected chi connectivity index (χ4v) is 15.5. The number of fused-ring (bicyclic) bond motifs is 3. The maximum atomic E-state index is 14.3. The van der Waals surface area contributed by atoms with Gasteiger partial charge in [0.15, 0.2) is 11.4 Å². The zero-order valence-corrected chi connectivity index (χ0v) is 43.6. The summed E-state index contributed by atoms with van der Waals surface area (Å²) in [5, 5.41) is 67.2. The minimum atomic E-state index is -3.05. The molecular weight excluding hydrogens is 968 g/mol. The number of ketones is 2. The Bertz CT molecular complexity index is 2700. The standard InChI is InChI=1S/C56H67N4O13P/c1-32-39-27-28-40(49(63)44(39)50(64)45-43(32)51(65)47-48(60(2)3)52(66)46(55(57)69)54(68)56(47,70)53(45)67)59-42(62)29-30-58-41(61)14-12-10-8-7-9-11-13-31-74(36-21-15-33(71-4)16-22-36,37-23-17-34(72-5)18-24-37)38-25-19-35(73-6)20-26-38/h15-28,32,43,47-48,51,65,70H,7-14,29-31H2,1-6H3,(H6-,57,58,59,61,62,63,64,66,67,68,69)/p+1/t32-,43+,47+,48-,51-,56-/m0/s1. The van der Waals surface area contributed by atoms with Crippen molar-refractivity contribution in [3.63, 3.8) is 0 Å². The lowest BCUT2D eigenvalue weighted by atomic mass is 9.54. The summed E-state index contributed by atoms with van der Waals surface area (Å²) in [6.07, 6.45) is 6.09. The lowest BCUT2D eigenvalue weighted by Gasteiger charge is -2.53. The monoisotopic (exact) mass is 1040 g/mol. The third kappa shape index (κ3) is 10.3. The number of carbonyl (C=O) groups is 5. The van der Waals surface area contributed by atoms with Crippen molar-refractivity contribution < 1.29 is 63.7 Å². The topological polar surface area (TPSA) is 268 Å². The molecule has 0 heterocycles. The van der Waals surface area contributed by atoms with Crippen LogP contribution in [0.2, 0.25) is 0 Å². The summed E-state index contributed by atoms with van der Waals surface area (Å²) >= 11 is 0. The molecule has 9 N–H and O–H groups in total. The summed E-state index contributed by atoms with van der Waals surface area (Å²) in [5.41, 5.74) is 0.710. The van der Waals surface area contributed by atoms with Crippen molar-refractivity contribution in [1.29, 1.82) is 0 Å². The highest BCUT2D eigenvalue weighted by Crippen LogP contribution is 2.58. The van der Waals surface area contributed by atoms with E-state index in [0.717, 1.165) is 61.9 Å². The number of hydrogen-bond donors (Lipinski definition) is 8. The number of nitrogens with zero attached hydrogens (tertiary/aromatic N) is 1. The van der Waals surface area contributed by atoms with Crippen molar-refractivity contribution in [2.45, 2.75) is 88.4 Å². The number of nitrogens with one attached hydrogen (secondary N) is 2. The first kappa shape index (κ1) is 55.0. The Morgan fingerprint density at radius 3 is 1.70 bits per heavy atom. The third-order valence-electron chi connectivity index (χ3n) is 15.0. The number of amides is 3. The van der Waals surface area contributed by atoms with E-state index in [0.29, 0.717) is 12.8 Å². The Balaban J connectivity index is 0.899. The number of aliphatic hydroxyl groups excluding tert-OH is 3. The van der Waals surface area contributed by atoms with Crippen LogP contribution in [0, 0.1) is 11.8 Å². The number of carbonyl (C=O) groups excluding carboxylic acids is 5. The number of likely N-dealkylation sites (N-methyl/N-ethyl adjacent to an activating group) is 1. The van der Waals surface area contributed by atoms with Crippen molar-refractivity contribution in [1.82, 2.24) is 10.2 Å². The van der Waals surface area contributed by atoms with Crippen LogP contribution in [0.1, 0.15) is 81.8 Å². The van der Waals surface area contributed by atoms with Gasteiger partial charge >= 0.3 is 0 Å². The maximum absolute atomic E-state index is 14.3. The minimum Gasteiger partial charge on any atom is -0.508 e. The number of nitrogens with two attached hydrogens (primary N) is 1. The highest BCUT2D eigenvalue weighted by atomic mass is 31.2. The molecule has 7 rings (SSSR count). The molecule has 17 nitrogen and oxygen atoms in total. The zero-order chi connectivity index (χ0) is 53.6. The Morgan fingerprint density at radius 2 is 1.22 bits per heavy atom. The molecule has 3 amide bonds. The molecule has 0 bridgehead atoms. The Labute approximate surface area is 431 Å². The van der Waals surface area contributed by atoms with Crippen LogP contribution >= 0.6 is 7.26 Å². The van der Waals surface area contributed by atoms with Crippen molar-refractivity contribution in [3.05, 3.63) is 113 Å². The van der Waals surface area contributed by atoms with E-state index >= 15 is 0 Å². The summed E-state index contributed by atoms with van der Waals surface area (Å²) in [5.74, 6) is -8.53. The quantitative estimate of drug-likeness (QED) is 0.0221. The Hall–Kier alpha value is -6.78. The van der Waals surface area contributed by atoms with Gasteiger partial charge in [-0.2, -0.15) is 0 Å². The number of benzene rings is 4. The number of phenolic OH excluding ortho intramolecular Hbond substituents is 1. The van der Waals surface area contributed by atoms with Gasteiger partial charge in [0.1, 0.15) is 63.3 Å². The SMILES string of the molecule is COc1ccc([P+](CCCCCCCCCC(=O)NCCC(=O)Nc2ccc3c(c2O)C(O)=C2C(=O)[C@]4(O)C(O)=C(C(N)=O)C(=O)[C@@H](N(C)C)[C@@H]4[C@@H](O)[C@@H]2[C@H]3C)(c2ccc(OC)cc2)c2ccc(OC)cc2)cc1. The van der Waals surface area contributed by atoms with E-state index in [9.17, 15) is 49.5 Å². The van der Waals surface area contributed by atoms with Gasteiger partial charge in [0.25, 0.3) is 5.91 Å². The van der Waals surface area contributed by atoms with Crippen LogP contribution < -0.4 is 46.5 Å². The fraction of sp³-hybridized carbons (Fsp3) is 0.411.